The molecule has 0 aromatic carbocycles. The van der Waals surface area contributed by atoms with Crippen molar-refractivity contribution in [3.8, 4) is 0 Å². The van der Waals surface area contributed by atoms with Crippen molar-refractivity contribution in [2.75, 3.05) is 0 Å². The number of hydrogen-bond acceptors (Lipinski definition) is 6. The first-order valence-corrected chi connectivity index (χ1v) is 6.40. The molecule has 0 spiro atoms. The zero-order chi connectivity index (χ0) is 12.3. The first-order valence-electron chi connectivity index (χ1n) is 5.52. The van der Waals surface area contributed by atoms with Crippen LogP contribution in [0.25, 0.3) is 0 Å². The van der Waals surface area contributed by atoms with Crippen molar-refractivity contribution in [3.63, 3.8) is 0 Å². The van der Waals surface area contributed by atoms with E-state index < -0.39 is 0 Å². The van der Waals surface area contributed by atoms with Crippen LogP contribution in [0, 0.1) is 6.92 Å². The highest BCUT2D eigenvalue weighted by Crippen LogP contribution is 2.26. The van der Waals surface area contributed by atoms with Crippen LogP contribution in [0.2, 0.25) is 0 Å². The monoisotopic (exact) mass is 252 g/mol. The van der Waals surface area contributed by atoms with E-state index in [0.717, 1.165) is 29.2 Å². The van der Waals surface area contributed by atoms with Crippen molar-refractivity contribution in [2.24, 2.45) is 5.84 Å². The highest BCUT2D eigenvalue weighted by molar-refractivity contribution is 7.09. The second-order valence-corrected chi connectivity index (χ2v) is 4.67. The molecule has 0 radical (unpaired) electrons. The SMILES string of the molecule is CCCn1nncc1C(NN)c1scnc1C. The minimum atomic E-state index is -0.0935. The van der Waals surface area contributed by atoms with Gasteiger partial charge >= 0.3 is 0 Å². The van der Waals surface area contributed by atoms with Crippen LogP contribution >= 0.6 is 11.3 Å². The molecule has 2 aromatic rings. The fourth-order valence-electron chi connectivity index (χ4n) is 1.76. The van der Waals surface area contributed by atoms with E-state index in [2.05, 4.69) is 27.6 Å². The average Bonchev–Trinajstić information content (AvgIpc) is 2.92. The number of aromatic nitrogens is 4. The molecule has 92 valence electrons. The molecule has 0 aliphatic heterocycles. The van der Waals surface area contributed by atoms with Gasteiger partial charge < -0.3 is 0 Å². The molecule has 2 heterocycles. The van der Waals surface area contributed by atoms with Gasteiger partial charge in [-0.1, -0.05) is 12.1 Å². The van der Waals surface area contributed by atoms with Gasteiger partial charge in [0.25, 0.3) is 0 Å². The van der Waals surface area contributed by atoms with Gasteiger partial charge in [-0.3, -0.25) is 5.84 Å². The molecule has 2 aromatic heterocycles. The Morgan fingerprint density at radius 2 is 2.41 bits per heavy atom. The topological polar surface area (TPSA) is 81.7 Å². The van der Waals surface area contributed by atoms with Crippen LogP contribution in [0.1, 0.15) is 35.7 Å². The Morgan fingerprint density at radius 1 is 1.59 bits per heavy atom. The van der Waals surface area contributed by atoms with Crippen LogP contribution in [0.5, 0.6) is 0 Å². The van der Waals surface area contributed by atoms with Gasteiger partial charge in [-0.2, -0.15) is 0 Å². The Morgan fingerprint density at radius 3 is 3.00 bits per heavy atom. The lowest BCUT2D eigenvalue weighted by molar-refractivity contribution is 0.514. The number of hydrogen-bond donors (Lipinski definition) is 2. The van der Waals surface area contributed by atoms with Gasteiger partial charge in [0.2, 0.25) is 0 Å². The Bertz CT molecular complexity index is 477. The highest BCUT2D eigenvalue weighted by Gasteiger charge is 2.21. The number of rotatable bonds is 5. The van der Waals surface area contributed by atoms with E-state index in [-0.39, 0.29) is 6.04 Å². The summed E-state index contributed by atoms with van der Waals surface area (Å²) in [6.07, 6.45) is 2.76. The summed E-state index contributed by atoms with van der Waals surface area (Å²) in [6, 6.07) is -0.0935. The third kappa shape index (κ3) is 2.36. The zero-order valence-corrected chi connectivity index (χ0v) is 10.7. The summed E-state index contributed by atoms with van der Waals surface area (Å²) in [4.78, 5) is 5.35. The van der Waals surface area contributed by atoms with Gasteiger partial charge in [0.1, 0.15) is 6.04 Å². The van der Waals surface area contributed by atoms with E-state index in [4.69, 9.17) is 5.84 Å². The van der Waals surface area contributed by atoms with Crippen LogP contribution in [-0.4, -0.2) is 20.0 Å². The molecular formula is C10H16N6S. The van der Waals surface area contributed by atoms with Gasteiger partial charge in [0.05, 0.1) is 28.0 Å². The predicted octanol–water partition coefficient (Wildman–Crippen LogP) is 1.01. The molecule has 0 saturated heterocycles. The van der Waals surface area contributed by atoms with E-state index in [1.54, 1.807) is 17.5 Å². The maximum atomic E-state index is 5.65. The van der Waals surface area contributed by atoms with Crippen LogP contribution in [0.15, 0.2) is 11.7 Å². The molecule has 17 heavy (non-hydrogen) atoms. The van der Waals surface area contributed by atoms with E-state index in [9.17, 15) is 0 Å². The lowest BCUT2D eigenvalue weighted by Crippen LogP contribution is -2.30. The maximum Gasteiger partial charge on any atom is 0.100 e. The van der Waals surface area contributed by atoms with E-state index in [1.807, 2.05) is 17.1 Å². The summed E-state index contributed by atoms with van der Waals surface area (Å²) < 4.78 is 1.88. The zero-order valence-electron chi connectivity index (χ0n) is 9.92. The van der Waals surface area contributed by atoms with Gasteiger partial charge in [-0.25, -0.2) is 15.1 Å². The largest absolute Gasteiger partial charge is 0.270 e. The fourth-order valence-corrected chi connectivity index (χ4v) is 2.63. The first kappa shape index (κ1) is 12.2. The van der Waals surface area contributed by atoms with Crippen molar-refractivity contribution >= 4 is 11.3 Å². The number of nitrogens with one attached hydrogen (secondary N) is 1. The summed E-state index contributed by atoms with van der Waals surface area (Å²) in [5, 5.41) is 8.02. The minimum absolute atomic E-state index is 0.0935. The number of thiazole rings is 1. The van der Waals surface area contributed by atoms with E-state index >= 15 is 0 Å². The average molecular weight is 252 g/mol. The summed E-state index contributed by atoms with van der Waals surface area (Å²) >= 11 is 1.58. The molecule has 1 atom stereocenters. The van der Waals surface area contributed by atoms with Crippen molar-refractivity contribution in [2.45, 2.75) is 32.9 Å². The third-order valence-corrected chi connectivity index (χ3v) is 3.59. The van der Waals surface area contributed by atoms with Crippen LogP contribution < -0.4 is 11.3 Å². The van der Waals surface area contributed by atoms with Crippen LogP contribution in [0.4, 0.5) is 0 Å². The normalized spacial score (nSPS) is 12.9. The Labute approximate surface area is 104 Å². The van der Waals surface area contributed by atoms with Crippen LogP contribution in [0.3, 0.4) is 0 Å². The van der Waals surface area contributed by atoms with Crippen molar-refractivity contribution in [3.05, 3.63) is 28.0 Å². The van der Waals surface area contributed by atoms with Crippen molar-refractivity contribution < 1.29 is 0 Å². The summed E-state index contributed by atoms with van der Waals surface area (Å²) in [7, 11) is 0. The lowest BCUT2D eigenvalue weighted by atomic mass is 10.1. The van der Waals surface area contributed by atoms with Crippen molar-refractivity contribution in [1.82, 2.24) is 25.4 Å². The van der Waals surface area contributed by atoms with Gasteiger partial charge in [0, 0.05) is 6.54 Å². The number of aryl methyl sites for hydroxylation is 2. The first-order chi connectivity index (χ1) is 8.27. The van der Waals surface area contributed by atoms with E-state index in [1.165, 1.54) is 0 Å². The second-order valence-electron chi connectivity index (χ2n) is 3.78. The third-order valence-electron chi connectivity index (χ3n) is 2.59. The van der Waals surface area contributed by atoms with Crippen LogP contribution in [-0.2, 0) is 6.54 Å². The molecule has 3 N–H and O–H groups in total. The Hall–Kier alpha value is -1.31. The quantitative estimate of drug-likeness (QED) is 0.613. The number of nitrogens with two attached hydrogens (primary N) is 1. The molecule has 0 fully saturated rings. The molecule has 2 rings (SSSR count). The highest BCUT2D eigenvalue weighted by atomic mass is 32.1. The predicted molar refractivity (Wildman–Crippen MR) is 66.3 cm³/mol. The Balaban J connectivity index is 2.35. The summed E-state index contributed by atoms with van der Waals surface area (Å²) in [6.45, 7) is 4.92. The minimum Gasteiger partial charge on any atom is -0.270 e. The van der Waals surface area contributed by atoms with Crippen molar-refractivity contribution in [1.29, 1.82) is 0 Å². The van der Waals surface area contributed by atoms with Gasteiger partial charge in [-0.15, -0.1) is 16.4 Å². The molecule has 0 bridgehead atoms. The Kier molecular flexibility index (Phi) is 3.82. The fraction of sp³-hybridized carbons (Fsp3) is 0.500. The second kappa shape index (κ2) is 5.35. The number of nitrogens with zero attached hydrogens (tertiary/aromatic N) is 4. The summed E-state index contributed by atoms with van der Waals surface area (Å²) in [5.41, 5.74) is 6.60. The molecule has 6 nitrogen and oxygen atoms in total. The molecule has 0 amide bonds. The standard InChI is InChI=1S/C10H16N6S/c1-3-4-16-8(5-13-15-16)9(14-11)10-7(2)12-6-17-10/h5-6,9,14H,3-4,11H2,1-2H3. The molecular weight excluding hydrogens is 236 g/mol. The molecule has 7 heteroatoms. The number of hydrazine groups is 1. The summed E-state index contributed by atoms with van der Waals surface area (Å²) in [5.74, 6) is 5.65. The lowest BCUT2D eigenvalue weighted by Gasteiger charge is -2.15. The molecule has 1 unspecified atom stereocenters. The maximum absolute atomic E-state index is 5.65. The van der Waals surface area contributed by atoms with E-state index in [0.29, 0.717) is 0 Å². The van der Waals surface area contributed by atoms with Gasteiger partial charge in [0.15, 0.2) is 0 Å². The molecule has 0 saturated carbocycles. The smallest absolute Gasteiger partial charge is 0.100 e. The molecule has 0 aliphatic rings. The molecule has 0 aliphatic carbocycles. The van der Waals surface area contributed by atoms with Gasteiger partial charge in [-0.05, 0) is 13.3 Å².